The van der Waals surface area contributed by atoms with Crippen molar-refractivity contribution < 1.29 is 9.59 Å². The van der Waals surface area contributed by atoms with E-state index in [1.807, 2.05) is 61.5 Å². The zero-order valence-electron chi connectivity index (χ0n) is 20.8. The van der Waals surface area contributed by atoms with E-state index < -0.39 is 6.04 Å². The fraction of sp³-hybridized carbons (Fsp3) is 0.385. The molecule has 0 aliphatic carbocycles. The second-order valence-corrected chi connectivity index (χ2v) is 9.13. The van der Waals surface area contributed by atoms with E-state index in [9.17, 15) is 9.59 Å². The van der Waals surface area contributed by atoms with E-state index in [0.29, 0.717) is 37.4 Å². The Kier molecular flexibility index (Phi) is 13.1. The smallest absolute Gasteiger partial charge is 0.239 e. The summed E-state index contributed by atoms with van der Waals surface area (Å²) < 4.78 is 3.21. The van der Waals surface area contributed by atoms with Gasteiger partial charge in [0.15, 0.2) is 5.96 Å². The molecule has 10 heteroatoms. The van der Waals surface area contributed by atoms with Crippen molar-refractivity contribution in [1.29, 1.82) is 5.41 Å². The van der Waals surface area contributed by atoms with Crippen molar-refractivity contribution in [2.24, 2.45) is 16.5 Å². The molecular weight excluding hydrogens is 474 g/mol. The highest BCUT2D eigenvalue weighted by atomic mass is 32.2. The Labute approximate surface area is 217 Å². The molecule has 0 saturated carbocycles. The lowest BCUT2D eigenvalue weighted by Gasteiger charge is -2.17. The van der Waals surface area contributed by atoms with Gasteiger partial charge in [0.25, 0.3) is 0 Å². The van der Waals surface area contributed by atoms with Crippen molar-refractivity contribution in [2.75, 3.05) is 13.1 Å². The van der Waals surface area contributed by atoms with Crippen LogP contribution in [0, 0.1) is 5.41 Å². The monoisotopic (exact) mass is 511 g/mol. The molecule has 194 valence electrons. The lowest BCUT2D eigenvalue weighted by atomic mass is 10.0. The van der Waals surface area contributed by atoms with E-state index in [0.717, 1.165) is 29.5 Å². The van der Waals surface area contributed by atoms with Crippen LogP contribution >= 0.6 is 11.9 Å². The van der Waals surface area contributed by atoms with Crippen LogP contribution in [0.15, 0.2) is 59.6 Å². The molecule has 1 atom stereocenters. The third kappa shape index (κ3) is 11.4. The Morgan fingerprint density at radius 2 is 1.75 bits per heavy atom. The molecule has 0 aliphatic rings. The largest absolute Gasteiger partial charge is 0.370 e. The molecule has 0 aromatic heterocycles. The molecule has 36 heavy (non-hydrogen) atoms. The Morgan fingerprint density at radius 1 is 1.03 bits per heavy atom. The van der Waals surface area contributed by atoms with E-state index in [1.54, 1.807) is 0 Å². The van der Waals surface area contributed by atoms with Crippen LogP contribution in [0.1, 0.15) is 49.3 Å². The van der Waals surface area contributed by atoms with Gasteiger partial charge in [0, 0.05) is 24.6 Å². The molecule has 0 bridgehead atoms. The second kappa shape index (κ2) is 16.3. The number of aliphatic imine (C=N–C) groups is 1. The molecular formula is C26H37N7O2S. The first kappa shape index (κ1) is 28.9. The summed E-state index contributed by atoms with van der Waals surface area (Å²) in [5.41, 5.74) is 14.3. The van der Waals surface area contributed by atoms with Crippen LogP contribution in [0.2, 0.25) is 0 Å². The minimum Gasteiger partial charge on any atom is -0.370 e. The van der Waals surface area contributed by atoms with Gasteiger partial charge in [0.1, 0.15) is 0 Å². The summed E-state index contributed by atoms with van der Waals surface area (Å²) in [6.07, 6.45) is 2.81. The number of carbonyl (C=O) groups is 2. The predicted octanol–water partition coefficient (Wildman–Crippen LogP) is 2.45. The standard InChI is InChI=1S/C26H37N7O2S/c1-2-7-22(27)21-13-11-19(12-14-21)16-31-24(34)17-32-25(35)23(10-6-15-30-26(28)29)33-36-18-20-8-4-3-5-9-20/h3-5,8-9,11-14,23,27,33H,2,6-7,10,15-18H2,1H3,(H,31,34)(H,32,35)(H4,28,29,30). The maximum atomic E-state index is 12.8. The van der Waals surface area contributed by atoms with Crippen LogP contribution < -0.4 is 26.8 Å². The highest BCUT2D eigenvalue weighted by Crippen LogP contribution is 2.11. The molecule has 9 nitrogen and oxygen atoms in total. The maximum Gasteiger partial charge on any atom is 0.239 e. The quantitative estimate of drug-likeness (QED) is 0.0879. The van der Waals surface area contributed by atoms with Crippen LogP contribution in [-0.2, 0) is 21.9 Å². The molecule has 2 amide bonds. The van der Waals surface area contributed by atoms with Crippen molar-refractivity contribution in [3.05, 3.63) is 71.3 Å². The lowest BCUT2D eigenvalue weighted by molar-refractivity contribution is -0.127. The van der Waals surface area contributed by atoms with E-state index in [4.69, 9.17) is 16.9 Å². The Bertz CT molecular complexity index is 993. The van der Waals surface area contributed by atoms with Crippen LogP contribution in [-0.4, -0.2) is 42.6 Å². The fourth-order valence-corrected chi connectivity index (χ4v) is 4.19. The number of nitrogens with zero attached hydrogens (tertiary/aromatic N) is 1. The average molecular weight is 512 g/mol. The van der Waals surface area contributed by atoms with Gasteiger partial charge in [0.2, 0.25) is 11.8 Å². The summed E-state index contributed by atoms with van der Waals surface area (Å²) in [7, 11) is 0. The average Bonchev–Trinajstić information content (AvgIpc) is 2.88. The predicted molar refractivity (Wildman–Crippen MR) is 148 cm³/mol. The molecule has 0 spiro atoms. The highest BCUT2D eigenvalue weighted by Gasteiger charge is 2.18. The SMILES string of the molecule is CCCC(=N)c1ccc(CNC(=O)CNC(=O)C(CCCN=C(N)N)NSCc2ccccc2)cc1. The first-order valence-electron chi connectivity index (χ1n) is 12.1. The third-order valence-electron chi connectivity index (χ3n) is 5.28. The van der Waals surface area contributed by atoms with Gasteiger partial charge < -0.3 is 27.5 Å². The van der Waals surface area contributed by atoms with Crippen molar-refractivity contribution in [1.82, 2.24) is 15.4 Å². The topological polar surface area (TPSA) is 158 Å². The van der Waals surface area contributed by atoms with Crippen molar-refractivity contribution >= 4 is 35.4 Å². The van der Waals surface area contributed by atoms with E-state index in [1.165, 1.54) is 11.9 Å². The summed E-state index contributed by atoms with van der Waals surface area (Å²) in [6, 6.07) is 17.1. The number of rotatable bonds is 16. The van der Waals surface area contributed by atoms with Crippen LogP contribution in [0.4, 0.5) is 0 Å². The molecule has 2 rings (SSSR count). The number of carbonyl (C=O) groups excluding carboxylic acids is 2. The molecule has 0 heterocycles. The van der Waals surface area contributed by atoms with Crippen molar-refractivity contribution in [3.63, 3.8) is 0 Å². The molecule has 0 aliphatic heterocycles. The van der Waals surface area contributed by atoms with Crippen LogP contribution in [0.25, 0.3) is 0 Å². The minimum atomic E-state index is -0.494. The molecule has 0 radical (unpaired) electrons. The minimum absolute atomic E-state index is 0.0212. The summed E-state index contributed by atoms with van der Waals surface area (Å²) in [5.74, 6) is 0.194. The third-order valence-corrected chi connectivity index (χ3v) is 6.21. The number of hydrogen-bond donors (Lipinski definition) is 6. The van der Waals surface area contributed by atoms with Gasteiger partial charge in [-0.15, -0.1) is 0 Å². The number of nitrogens with two attached hydrogens (primary N) is 2. The van der Waals surface area contributed by atoms with Crippen molar-refractivity contribution in [2.45, 2.75) is 50.9 Å². The second-order valence-electron chi connectivity index (χ2n) is 8.31. The van der Waals surface area contributed by atoms with Gasteiger partial charge in [-0.3, -0.25) is 19.3 Å². The number of benzene rings is 2. The Hall–Kier alpha value is -3.37. The highest BCUT2D eigenvalue weighted by molar-refractivity contribution is 7.96. The van der Waals surface area contributed by atoms with Crippen LogP contribution in [0.3, 0.4) is 0 Å². The number of amides is 2. The van der Waals surface area contributed by atoms with Gasteiger partial charge in [0.05, 0.1) is 12.6 Å². The number of guanidine groups is 1. The normalized spacial score (nSPS) is 11.4. The first-order chi connectivity index (χ1) is 17.4. The first-order valence-corrected chi connectivity index (χ1v) is 13.0. The Morgan fingerprint density at radius 3 is 2.42 bits per heavy atom. The summed E-state index contributed by atoms with van der Waals surface area (Å²) in [4.78, 5) is 29.0. The molecule has 8 N–H and O–H groups in total. The molecule has 2 aromatic rings. The molecule has 2 aromatic carbocycles. The van der Waals surface area contributed by atoms with E-state index in [-0.39, 0.29) is 24.3 Å². The van der Waals surface area contributed by atoms with Crippen molar-refractivity contribution in [3.8, 4) is 0 Å². The zero-order chi connectivity index (χ0) is 26.2. The van der Waals surface area contributed by atoms with Gasteiger partial charge in [-0.1, -0.05) is 79.9 Å². The molecule has 0 fully saturated rings. The van der Waals surface area contributed by atoms with Gasteiger partial charge in [-0.25, -0.2) is 0 Å². The van der Waals surface area contributed by atoms with Gasteiger partial charge >= 0.3 is 0 Å². The zero-order valence-corrected chi connectivity index (χ0v) is 21.6. The lowest BCUT2D eigenvalue weighted by Crippen LogP contribution is -2.45. The van der Waals surface area contributed by atoms with E-state index in [2.05, 4.69) is 20.3 Å². The summed E-state index contributed by atoms with van der Waals surface area (Å²) in [6.45, 7) is 2.71. The fourth-order valence-electron chi connectivity index (χ4n) is 3.32. The van der Waals surface area contributed by atoms with Crippen LogP contribution in [0.5, 0.6) is 0 Å². The molecule has 1 unspecified atom stereocenters. The molecule has 0 saturated heterocycles. The number of nitrogens with one attached hydrogen (secondary N) is 4. The number of hydrogen-bond acceptors (Lipinski definition) is 6. The van der Waals surface area contributed by atoms with Gasteiger partial charge in [-0.05, 0) is 36.0 Å². The maximum absolute atomic E-state index is 12.8. The summed E-state index contributed by atoms with van der Waals surface area (Å²) >= 11 is 1.44. The van der Waals surface area contributed by atoms with Gasteiger partial charge in [-0.2, -0.15) is 0 Å². The van der Waals surface area contributed by atoms with E-state index >= 15 is 0 Å². The summed E-state index contributed by atoms with van der Waals surface area (Å²) in [5, 5.41) is 13.6. The Balaban J connectivity index is 1.80.